The minimum absolute atomic E-state index is 1.21. The lowest BCUT2D eigenvalue weighted by molar-refractivity contribution is 1.44. The Hall–Kier alpha value is -0.590. The summed E-state index contributed by atoms with van der Waals surface area (Å²) < 4.78 is 0. The van der Waals surface area contributed by atoms with Crippen LogP contribution in [0, 0.1) is 0 Å². The Balaban J connectivity index is -0.000000138. The van der Waals surface area contributed by atoms with Crippen LogP contribution in [0.2, 0.25) is 0 Å². The molecule has 0 amide bonds. The van der Waals surface area contributed by atoms with E-state index in [-0.39, 0.29) is 0 Å². The Morgan fingerprint density at radius 2 is 1.45 bits per heavy atom. The third kappa shape index (κ3) is 26.6. The highest BCUT2D eigenvalue weighted by molar-refractivity contribution is 5.77. The predicted molar refractivity (Wildman–Crippen MR) is 56.5 cm³/mol. The van der Waals surface area contributed by atoms with Crippen molar-refractivity contribution in [2.24, 2.45) is 4.99 Å². The normalized spacial score (nSPS) is 9.55. The molecular weight excluding hydrogens is 134 g/mol. The van der Waals surface area contributed by atoms with Gasteiger partial charge in [0.2, 0.25) is 0 Å². The van der Waals surface area contributed by atoms with E-state index in [9.17, 15) is 0 Å². The van der Waals surface area contributed by atoms with E-state index in [1.807, 2.05) is 53.8 Å². The van der Waals surface area contributed by atoms with Crippen LogP contribution in [0.3, 0.4) is 0 Å². The van der Waals surface area contributed by atoms with Crippen molar-refractivity contribution in [2.45, 2.75) is 41.5 Å². The van der Waals surface area contributed by atoms with E-state index in [0.29, 0.717) is 0 Å². The van der Waals surface area contributed by atoms with E-state index >= 15 is 0 Å². The Bertz CT molecular complexity index is 91.0. The molecule has 0 saturated heterocycles. The molecule has 11 heavy (non-hydrogen) atoms. The summed E-state index contributed by atoms with van der Waals surface area (Å²) in [6.07, 6.45) is 3.85. The fourth-order valence-corrected chi connectivity index (χ4v) is 0.278. The third-order valence-corrected chi connectivity index (χ3v) is 0.788. The van der Waals surface area contributed by atoms with Gasteiger partial charge in [-0.3, -0.25) is 4.99 Å². The molecular formula is C10H23N. The minimum Gasteiger partial charge on any atom is -0.296 e. The van der Waals surface area contributed by atoms with Gasteiger partial charge in [-0.15, -0.1) is 0 Å². The van der Waals surface area contributed by atoms with Gasteiger partial charge in [0.1, 0.15) is 0 Å². The SMILES string of the molecule is C/C=C(/C)C=NC.CC.CC. The number of hydrogen-bond acceptors (Lipinski definition) is 1. The van der Waals surface area contributed by atoms with Gasteiger partial charge in [0.05, 0.1) is 0 Å². The van der Waals surface area contributed by atoms with E-state index in [2.05, 4.69) is 4.99 Å². The molecule has 0 aromatic rings. The van der Waals surface area contributed by atoms with Crippen LogP contribution in [-0.2, 0) is 0 Å². The van der Waals surface area contributed by atoms with Crippen molar-refractivity contribution in [3.05, 3.63) is 11.6 Å². The summed E-state index contributed by atoms with van der Waals surface area (Å²) in [5.74, 6) is 0. The van der Waals surface area contributed by atoms with Crippen molar-refractivity contribution in [1.82, 2.24) is 0 Å². The minimum atomic E-state index is 1.21. The molecule has 1 nitrogen and oxygen atoms in total. The first-order chi connectivity index (χ1) is 5.31. The monoisotopic (exact) mass is 157 g/mol. The van der Waals surface area contributed by atoms with E-state index in [1.54, 1.807) is 7.05 Å². The lowest BCUT2D eigenvalue weighted by Gasteiger charge is -1.80. The van der Waals surface area contributed by atoms with E-state index in [1.165, 1.54) is 5.57 Å². The standard InChI is InChI=1S/C6H11N.2C2H6/c1-4-6(2)5-7-3;2*1-2/h4-5H,1-3H3;2*1-2H3/b6-4-,7-5?;;. The van der Waals surface area contributed by atoms with Gasteiger partial charge in [-0.25, -0.2) is 0 Å². The summed E-state index contributed by atoms with van der Waals surface area (Å²) in [6.45, 7) is 12.0. The molecule has 0 spiro atoms. The van der Waals surface area contributed by atoms with Crippen LogP contribution in [0.15, 0.2) is 16.6 Å². The number of hydrogen-bond donors (Lipinski definition) is 0. The Kier molecular flexibility index (Phi) is 34.7. The van der Waals surface area contributed by atoms with Crippen LogP contribution in [0.1, 0.15) is 41.5 Å². The van der Waals surface area contributed by atoms with Crippen molar-refractivity contribution in [3.63, 3.8) is 0 Å². The quantitative estimate of drug-likeness (QED) is 0.515. The summed E-state index contributed by atoms with van der Waals surface area (Å²) in [4.78, 5) is 3.81. The first kappa shape index (κ1) is 16.8. The average molecular weight is 157 g/mol. The zero-order valence-corrected chi connectivity index (χ0v) is 9.10. The smallest absolute Gasteiger partial charge is 0.0277 e. The van der Waals surface area contributed by atoms with E-state index in [4.69, 9.17) is 0 Å². The van der Waals surface area contributed by atoms with Crippen molar-refractivity contribution in [1.29, 1.82) is 0 Å². The third-order valence-electron chi connectivity index (χ3n) is 0.788. The number of allylic oxidation sites excluding steroid dienone is 2. The van der Waals surface area contributed by atoms with Crippen LogP contribution in [0.4, 0.5) is 0 Å². The molecule has 0 heterocycles. The molecule has 0 aliphatic rings. The molecule has 0 N–H and O–H groups in total. The molecule has 0 aromatic heterocycles. The zero-order valence-electron chi connectivity index (χ0n) is 9.10. The first-order valence-electron chi connectivity index (χ1n) is 4.36. The molecule has 0 aliphatic carbocycles. The molecule has 0 radical (unpaired) electrons. The summed E-state index contributed by atoms with van der Waals surface area (Å²) in [6, 6.07) is 0. The number of rotatable bonds is 1. The van der Waals surface area contributed by atoms with Gasteiger partial charge in [-0.1, -0.05) is 33.8 Å². The molecule has 68 valence electrons. The van der Waals surface area contributed by atoms with Crippen molar-refractivity contribution in [3.8, 4) is 0 Å². The van der Waals surface area contributed by atoms with E-state index < -0.39 is 0 Å². The zero-order chi connectivity index (χ0) is 9.70. The second kappa shape index (κ2) is 22.7. The lowest BCUT2D eigenvalue weighted by Crippen LogP contribution is -1.72. The van der Waals surface area contributed by atoms with Crippen LogP contribution in [0.5, 0.6) is 0 Å². The van der Waals surface area contributed by atoms with Crippen molar-refractivity contribution >= 4 is 6.21 Å². The molecule has 0 fully saturated rings. The van der Waals surface area contributed by atoms with Crippen molar-refractivity contribution < 1.29 is 0 Å². The van der Waals surface area contributed by atoms with Crippen molar-refractivity contribution in [2.75, 3.05) is 7.05 Å². The Morgan fingerprint density at radius 3 is 1.55 bits per heavy atom. The predicted octanol–water partition coefficient (Wildman–Crippen LogP) is 3.71. The molecule has 1 heteroatoms. The fourth-order valence-electron chi connectivity index (χ4n) is 0.278. The van der Waals surface area contributed by atoms with Gasteiger partial charge < -0.3 is 0 Å². The van der Waals surface area contributed by atoms with Crippen LogP contribution in [-0.4, -0.2) is 13.3 Å². The van der Waals surface area contributed by atoms with Gasteiger partial charge >= 0.3 is 0 Å². The van der Waals surface area contributed by atoms with Gasteiger partial charge in [0.15, 0.2) is 0 Å². The number of aliphatic imine (C=N–C) groups is 1. The van der Waals surface area contributed by atoms with Crippen LogP contribution < -0.4 is 0 Å². The summed E-state index contributed by atoms with van der Waals surface area (Å²) in [7, 11) is 1.77. The molecule has 0 unspecified atom stereocenters. The summed E-state index contributed by atoms with van der Waals surface area (Å²) in [5.41, 5.74) is 1.21. The molecule has 0 saturated carbocycles. The maximum absolute atomic E-state index is 3.81. The highest BCUT2D eigenvalue weighted by atomic mass is 14.6. The second-order valence-electron chi connectivity index (χ2n) is 1.42. The van der Waals surface area contributed by atoms with Gasteiger partial charge in [-0.05, 0) is 19.4 Å². The van der Waals surface area contributed by atoms with Gasteiger partial charge in [0.25, 0.3) is 0 Å². The van der Waals surface area contributed by atoms with Gasteiger partial charge in [0, 0.05) is 13.3 Å². The van der Waals surface area contributed by atoms with Gasteiger partial charge in [-0.2, -0.15) is 0 Å². The first-order valence-corrected chi connectivity index (χ1v) is 4.36. The topological polar surface area (TPSA) is 12.4 Å². The maximum Gasteiger partial charge on any atom is 0.0277 e. The summed E-state index contributed by atoms with van der Waals surface area (Å²) in [5, 5.41) is 0. The van der Waals surface area contributed by atoms with E-state index in [0.717, 1.165) is 0 Å². The molecule has 0 aromatic carbocycles. The molecule has 0 rings (SSSR count). The molecule has 0 aliphatic heterocycles. The average Bonchev–Trinajstić information content (AvgIpc) is 2.12. The number of nitrogens with zero attached hydrogens (tertiary/aromatic N) is 1. The summed E-state index contributed by atoms with van der Waals surface area (Å²) >= 11 is 0. The second-order valence-corrected chi connectivity index (χ2v) is 1.42. The van der Waals surface area contributed by atoms with Crippen LogP contribution >= 0.6 is 0 Å². The highest BCUT2D eigenvalue weighted by Crippen LogP contribution is 1.82. The lowest BCUT2D eigenvalue weighted by atomic mass is 10.3. The highest BCUT2D eigenvalue weighted by Gasteiger charge is 1.71. The molecule has 0 bridgehead atoms. The largest absolute Gasteiger partial charge is 0.296 e. The molecule has 0 atom stereocenters. The fraction of sp³-hybridized carbons (Fsp3) is 0.700. The Labute approximate surface area is 72.2 Å². The maximum atomic E-state index is 3.81. The Morgan fingerprint density at radius 1 is 1.09 bits per heavy atom. The van der Waals surface area contributed by atoms with Crippen LogP contribution in [0.25, 0.3) is 0 Å².